The maximum Gasteiger partial charge on any atom is 0.139 e. The summed E-state index contributed by atoms with van der Waals surface area (Å²) in [7, 11) is 0. The molecule has 20 heavy (non-hydrogen) atoms. The molecule has 0 aliphatic rings. The molecule has 0 radical (unpaired) electrons. The third-order valence-electron chi connectivity index (χ3n) is 3.54. The summed E-state index contributed by atoms with van der Waals surface area (Å²) in [6.45, 7) is 2.09. The van der Waals surface area contributed by atoms with Gasteiger partial charge in [-0.1, -0.05) is 24.3 Å². The average Bonchev–Trinajstić information content (AvgIpc) is 2.89. The maximum absolute atomic E-state index is 4.69. The van der Waals surface area contributed by atoms with Gasteiger partial charge in [-0.05, 0) is 36.8 Å². The summed E-state index contributed by atoms with van der Waals surface area (Å²) in [5, 5.41) is 1.12. The lowest BCUT2D eigenvalue weighted by Gasteiger charge is -2.02. The first-order valence-electron chi connectivity index (χ1n) is 6.62. The number of aromatic nitrogens is 3. The molecule has 2 heterocycles. The Balaban J connectivity index is 2.01. The van der Waals surface area contributed by atoms with Crippen molar-refractivity contribution < 1.29 is 0 Å². The highest BCUT2D eigenvalue weighted by Gasteiger charge is 2.08. The average molecular weight is 259 g/mol. The van der Waals surface area contributed by atoms with Crippen LogP contribution >= 0.6 is 0 Å². The second kappa shape index (κ2) is 4.17. The van der Waals surface area contributed by atoms with Gasteiger partial charge in [-0.25, -0.2) is 4.98 Å². The van der Waals surface area contributed by atoms with E-state index >= 15 is 0 Å². The molecule has 0 aliphatic carbocycles. The number of pyridine rings is 1. The van der Waals surface area contributed by atoms with Gasteiger partial charge in [-0.15, -0.1) is 0 Å². The number of aryl methyl sites for hydroxylation is 1. The van der Waals surface area contributed by atoms with Gasteiger partial charge in [0, 0.05) is 17.1 Å². The smallest absolute Gasteiger partial charge is 0.139 e. The number of benzene rings is 2. The molecular weight excluding hydrogens is 246 g/mol. The molecule has 4 aromatic rings. The molecule has 2 aromatic heterocycles. The van der Waals surface area contributed by atoms with Crippen molar-refractivity contribution >= 4 is 21.9 Å². The molecule has 0 fully saturated rings. The van der Waals surface area contributed by atoms with Crippen molar-refractivity contribution in [3.63, 3.8) is 0 Å². The van der Waals surface area contributed by atoms with Crippen LogP contribution in [0.4, 0.5) is 0 Å². The Morgan fingerprint density at radius 2 is 1.90 bits per heavy atom. The third kappa shape index (κ3) is 1.67. The molecule has 0 saturated carbocycles. The van der Waals surface area contributed by atoms with Crippen LogP contribution < -0.4 is 0 Å². The Morgan fingerprint density at radius 3 is 2.85 bits per heavy atom. The van der Waals surface area contributed by atoms with Crippen molar-refractivity contribution in [2.24, 2.45) is 0 Å². The van der Waals surface area contributed by atoms with Crippen molar-refractivity contribution in [1.29, 1.82) is 0 Å². The number of aromatic amines is 1. The molecule has 0 unspecified atom stereocenters. The summed E-state index contributed by atoms with van der Waals surface area (Å²) in [6, 6.07) is 16.4. The second-order valence-corrected chi connectivity index (χ2v) is 4.98. The van der Waals surface area contributed by atoms with E-state index in [1.54, 1.807) is 0 Å². The Kier molecular flexibility index (Phi) is 2.33. The predicted molar refractivity (Wildman–Crippen MR) is 81.6 cm³/mol. The van der Waals surface area contributed by atoms with Gasteiger partial charge in [0.15, 0.2) is 0 Å². The quantitative estimate of drug-likeness (QED) is 0.559. The third-order valence-corrected chi connectivity index (χ3v) is 3.54. The highest BCUT2D eigenvalue weighted by Crippen LogP contribution is 2.27. The Morgan fingerprint density at radius 1 is 0.950 bits per heavy atom. The van der Waals surface area contributed by atoms with Crippen LogP contribution in [-0.2, 0) is 0 Å². The largest absolute Gasteiger partial charge is 0.338 e. The summed E-state index contributed by atoms with van der Waals surface area (Å²) in [6.07, 6.45) is 1.81. The second-order valence-electron chi connectivity index (χ2n) is 4.98. The molecule has 0 atom stereocenters. The van der Waals surface area contributed by atoms with Gasteiger partial charge in [0.1, 0.15) is 5.82 Å². The summed E-state index contributed by atoms with van der Waals surface area (Å²) >= 11 is 0. The zero-order valence-corrected chi connectivity index (χ0v) is 11.1. The van der Waals surface area contributed by atoms with Crippen molar-refractivity contribution in [2.75, 3.05) is 0 Å². The van der Waals surface area contributed by atoms with E-state index in [1.165, 1.54) is 5.56 Å². The number of H-pyrrole nitrogens is 1. The highest BCUT2D eigenvalue weighted by atomic mass is 14.9. The fourth-order valence-corrected chi connectivity index (χ4v) is 2.56. The zero-order valence-electron chi connectivity index (χ0n) is 11.1. The minimum absolute atomic E-state index is 0.893. The van der Waals surface area contributed by atoms with E-state index in [1.807, 2.05) is 30.5 Å². The topological polar surface area (TPSA) is 41.6 Å². The minimum atomic E-state index is 0.893. The van der Waals surface area contributed by atoms with Gasteiger partial charge in [0.2, 0.25) is 0 Å². The Hall–Kier alpha value is -2.68. The fourth-order valence-electron chi connectivity index (χ4n) is 2.56. The number of rotatable bonds is 1. The van der Waals surface area contributed by atoms with Crippen LogP contribution in [0.5, 0.6) is 0 Å². The highest BCUT2D eigenvalue weighted by molar-refractivity contribution is 5.94. The molecule has 4 rings (SSSR count). The SMILES string of the molecule is Cc1ccc2nc(-c3cccc4ncccc34)[nH]c2c1. The van der Waals surface area contributed by atoms with Gasteiger partial charge in [0.25, 0.3) is 0 Å². The molecule has 3 nitrogen and oxygen atoms in total. The first kappa shape index (κ1) is 11.2. The summed E-state index contributed by atoms with van der Waals surface area (Å²) in [5.74, 6) is 0.893. The number of hydrogen-bond donors (Lipinski definition) is 1. The number of fused-ring (bicyclic) bond motifs is 2. The van der Waals surface area contributed by atoms with E-state index in [4.69, 9.17) is 4.98 Å². The minimum Gasteiger partial charge on any atom is -0.338 e. The van der Waals surface area contributed by atoms with Gasteiger partial charge in [-0.2, -0.15) is 0 Å². The van der Waals surface area contributed by atoms with E-state index in [-0.39, 0.29) is 0 Å². The van der Waals surface area contributed by atoms with Gasteiger partial charge in [0.05, 0.1) is 16.6 Å². The lowest BCUT2D eigenvalue weighted by atomic mass is 10.1. The number of imidazole rings is 1. The van der Waals surface area contributed by atoms with Crippen molar-refractivity contribution in [2.45, 2.75) is 6.92 Å². The molecule has 0 bridgehead atoms. The van der Waals surface area contributed by atoms with Gasteiger partial charge in [-0.3, -0.25) is 4.98 Å². The van der Waals surface area contributed by atoms with Crippen LogP contribution in [0.15, 0.2) is 54.7 Å². The molecular formula is C17H13N3. The van der Waals surface area contributed by atoms with E-state index < -0.39 is 0 Å². The van der Waals surface area contributed by atoms with E-state index in [9.17, 15) is 0 Å². The van der Waals surface area contributed by atoms with E-state index in [2.05, 4.69) is 41.2 Å². The standard InChI is InChI=1S/C17H13N3/c1-11-7-8-15-16(10-11)20-17(19-15)13-4-2-6-14-12(13)5-3-9-18-14/h2-10H,1H3,(H,19,20). The summed E-state index contributed by atoms with van der Waals surface area (Å²) < 4.78 is 0. The van der Waals surface area contributed by atoms with E-state index in [0.717, 1.165) is 33.3 Å². The number of nitrogens with one attached hydrogen (secondary N) is 1. The normalized spacial score (nSPS) is 11.2. The van der Waals surface area contributed by atoms with Crippen molar-refractivity contribution in [1.82, 2.24) is 15.0 Å². The van der Waals surface area contributed by atoms with Crippen LogP contribution in [0, 0.1) is 6.92 Å². The number of nitrogens with zero attached hydrogens (tertiary/aromatic N) is 2. The summed E-state index contributed by atoms with van der Waals surface area (Å²) in [4.78, 5) is 12.5. The molecule has 96 valence electrons. The lowest BCUT2D eigenvalue weighted by Crippen LogP contribution is -1.84. The first-order valence-corrected chi connectivity index (χ1v) is 6.62. The lowest BCUT2D eigenvalue weighted by molar-refractivity contribution is 1.34. The van der Waals surface area contributed by atoms with Crippen LogP contribution in [0.3, 0.4) is 0 Å². The number of hydrogen-bond acceptors (Lipinski definition) is 2. The molecule has 2 aromatic carbocycles. The Labute approximate surface area is 116 Å². The van der Waals surface area contributed by atoms with Crippen LogP contribution in [-0.4, -0.2) is 15.0 Å². The molecule has 1 N–H and O–H groups in total. The molecule has 3 heteroatoms. The van der Waals surface area contributed by atoms with Crippen LogP contribution in [0.1, 0.15) is 5.56 Å². The molecule has 0 aliphatic heterocycles. The monoisotopic (exact) mass is 259 g/mol. The Bertz CT molecular complexity index is 916. The van der Waals surface area contributed by atoms with Crippen LogP contribution in [0.25, 0.3) is 33.3 Å². The molecule has 0 spiro atoms. The van der Waals surface area contributed by atoms with Crippen molar-refractivity contribution in [3.8, 4) is 11.4 Å². The predicted octanol–water partition coefficient (Wildman–Crippen LogP) is 4.09. The van der Waals surface area contributed by atoms with Gasteiger partial charge < -0.3 is 4.98 Å². The molecule has 0 saturated heterocycles. The van der Waals surface area contributed by atoms with Crippen molar-refractivity contribution in [3.05, 3.63) is 60.3 Å². The molecule has 0 amide bonds. The van der Waals surface area contributed by atoms with Crippen LogP contribution in [0.2, 0.25) is 0 Å². The first-order chi connectivity index (χ1) is 9.81. The summed E-state index contributed by atoms with van der Waals surface area (Å²) in [5.41, 5.74) is 5.37. The van der Waals surface area contributed by atoms with E-state index in [0.29, 0.717) is 0 Å². The van der Waals surface area contributed by atoms with Gasteiger partial charge >= 0.3 is 0 Å². The fraction of sp³-hybridized carbons (Fsp3) is 0.0588. The maximum atomic E-state index is 4.69. The zero-order chi connectivity index (χ0) is 13.5.